The molecular formula is C29H31N3O6. The van der Waals surface area contributed by atoms with Gasteiger partial charge in [0, 0.05) is 31.3 Å². The van der Waals surface area contributed by atoms with Crippen LogP contribution in [0.1, 0.15) is 32.3 Å². The van der Waals surface area contributed by atoms with Gasteiger partial charge in [0.15, 0.2) is 18.5 Å². The lowest BCUT2D eigenvalue weighted by Crippen LogP contribution is -2.36. The van der Waals surface area contributed by atoms with Crippen LogP contribution in [0.2, 0.25) is 0 Å². The summed E-state index contributed by atoms with van der Waals surface area (Å²) in [6.45, 7) is 4.37. The van der Waals surface area contributed by atoms with Crippen LogP contribution in [-0.4, -0.2) is 46.2 Å². The van der Waals surface area contributed by atoms with Gasteiger partial charge in [0.2, 0.25) is 5.88 Å². The monoisotopic (exact) mass is 517 g/mol. The largest absolute Gasteiger partial charge is 0.484 e. The van der Waals surface area contributed by atoms with Crippen molar-refractivity contribution >= 4 is 5.91 Å². The molecule has 0 spiro atoms. The number of rotatable bonds is 8. The number of fused-ring (bicyclic) bond motifs is 3. The fourth-order valence-electron chi connectivity index (χ4n) is 4.54. The Morgan fingerprint density at radius 3 is 2.82 bits per heavy atom. The Morgan fingerprint density at radius 2 is 2.08 bits per heavy atom. The van der Waals surface area contributed by atoms with Gasteiger partial charge in [0.05, 0.1) is 5.69 Å². The van der Waals surface area contributed by atoms with Gasteiger partial charge in [0.1, 0.15) is 24.5 Å². The minimum Gasteiger partial charge on any atom is -0.484 e. The number of carbonyl (C=O) groups excluding carboxylic acids is 1. The SMILES string of the molecule is CC(C)N(C)C(=O)COc1ccc2c(c1)CCn1c-2cc(OC(C2=CC=CCC2)C2=COC=CO2)nc1=O. The maximum atomic E-state index is 13.0. The van der Waals surface area contributed by atoms with Crippen molar-refractivity contribution in [2.45, 2.75) is 51.8 Å². The van der Waals surface area contributed by atoms with Crippen molar-refractivity contribution in [2.75, 3.05) is 13.7 Å². The Hall–Kier alpha value is -4.27. The number of likely N-dealkylation sites (N-methyl/N-ethyl adjacent to an activating group) is 1. The third kappa shape index (κ3) is 5.37. The number of hydrogen-bond acceptors (Lipinski definition) is 7. The molecule has 0 bridgehead atoms. The summed E-state index contributed by atoms with van der Waals surface area (Å²) < 4.78 is 24.7. The van der Waals surface area contributed by atoms with Gasteiger partial charge < -0.3 is 23.8 Å². The van der Waals surface area contributed by atoms with Crippen LogP contribution in [0.25, 0.3) is 11.3 Å². The van der Waals surface area contributed by atoms with Gasteiger partial charge in [-0.1, -0.05) is 18.2 Å². The molecule has 2 aliphatic heterocycles. The molecule has 5 rings (SSSR count). The van der Waals surface area contributed by atoms with Gasteiger partial charge in [-0.25, -0.2) is 4.79 Å². The molecular weight excluding hydrogens is 486 g/mol. The molecule has 1 atom stereocenters. The lowest BCUT2D eigenvalue weighted by atomic mass is 9.97. The molecule has 0 radical (unpaired) electrons. The Morgan fingerprint density at radius 1 is 1.21 bits per heavy atom. The predicted molar refractivity (Wildman–Crippen MR) is 141 cm³/mol. The van der Waals surface area contributed by atoms with Crippen LogP contribution in [0.3, 0.4) is 0 Å². The van der Waals surface area contributed by atoms with Crippen molar-refractivity contribution < 1.29 is 23.7 Å². The highest BCUT2D eigenvalue weighted by molar-refractivity contribution is 5.77. The molecule has 9 nitrogen and oxygen atoms in total. The number of benzene rings is 1. The molecule has 0 N–H and O–H groups in total. The molecule has 38 heavy (non-hydrogen) atoms. The lowest BCUT2D eigenvalue weighted by Gasteiger charge is -2.26. The summed E-state index contributed by atoms with van der Waals surface area (Å²) in [5.41, 5.74) is 3.26. The van der Waals surface area contributed by atoms with E-state index in [2.05, 4.69) is 11.1 Å². The van der Waals surface area contributed by atoms with Crippen molar-refractivity contribution in [3.8, 4) is 22.9 Å². The first kappa shape index (κ1) is 25.4. The Bertz CT molecular complexity index is 1400. The molecule has 1 aromatic heterocycles. The number of aromatic nitrogens is 2. The van der Waals surface area contributed by atoms with E-state index in [9.17, 15) is 9.59 Å². The summed E-state index contributed by atoms with van der Waals surface area (Å²) in [4.78, 5) is 31.2. The summed E-state index contributed by atoms with van der Waals surface area (Å²) in [6.07, 6.45) is 12.2. The Labute approximate surface area is 221 Å². The summed E-state index contributed by atoms with van der Waals surface area (Å²) in [5.74, 6) is 1.21. The average Bonchev–Trinajstić information content (AvgIpc) is 2.94. The molecule has 1 unspecified atom stereocenters. The standard InChI is InChI=1S/C29H31N3O6/c1-19(2)31(3)27(33)18-37-22-9-10-23-21(15-22)11-12-32-24(23)16-26(30-29(32)34)38-28(20-7-5-4-6-8-20)25-17-35-13-14-36-25/h4-5,7,9-10,13-17,19,28H,6,8,11-12,18H2,1-3H3. The van der Waals surface area contributed by atoms with Gasteiger partial charge in [-0.15, -0.1) is 0 Å². The van der Waals surface area contributed by atoms with Crippen molar-refractivity contribution in [1.29, 1.82) is 0 Å². The second-order valence-corrected chi connectivity index (χ2v) is 9.62. The molecule has 3 aliphatic rings. The third-order valence-electron chi connectivity index (χ3n) is 6.88. The first-order valence-electron chi connectivity index (χ1n) is 12.7. The van der Waals surface area contributed by atoms with E-state index in [1.165, 1.54) is 18.8 Å². The number of allylic oxidation sites excluding steroid dienone is 3. The predicted octanol–water partition coefficient (Wildman–Crippen LogP) is 4.10. The first-order chi connectivity index (χ1) is 18.4. The maximum Gasteiger partial charge on any atom is 0.351 e. The number of hydrogen-bond donors (Lipinski definition) is 0. The molecule has 0 saturated carbocycles. The fourth-order valence-corrected chi connectivity index (χ4v) is 4.54. The number of amides is 1. The van der Waals surface area contributed by atoms with Crippen LogP contribution in [0.5, 0.6) is 11.6 Å². The first-order valence-corrected chi connectivity index (χ1v) is 12.7. The van der Waals surface area contributed by atoms with Gasteiger partial charge in [-0.2, -0.15) is 4.98 Å². The normalized spacial score (nSPS) is 16.3. The van der Waals surface area contributed by atoms with Crippen LogP contribution in [0.15, 0.2) is 77.4 Å². The van der Waals surface area contributed by atoms with Gasteiger partial charge >= 0.3 is 5.69 Å². The van der Waals surface area contributed by atoms with E-state index in [4.69, 9.17) is 18.9 Å². The van der Waals surface area contributed by atoms with Crippen molar-refractivity contribution in [1.82, 2.24) is 14.5 Å². The summed E-state index contributed by atoms with van der Waals surface area (Å²) in [7, 11) is 1.76. The van der Waals surface area contributed by atoms with E-state index in [0.29, 0.717) is 24.5 Å². The fraction of sp³-hybridized carbons (Fsp3) is 0.345. The van der Waals surface area contributed by atoms with E-state index < -0.39 is 6.10 Å². The van der Waals surface area contributed by atoms with Crippen molar-refractivity contribution in [3.05, 3.63) is 88.7 Å². The van der Waals surface area contributed by atoms with E-state index in [-0.39, 0.29) is 30.1 Å². The van der Waals surface area contributed by atoms with E-state index in [1.807, 2.05) is 44.2 Å². The zero-order valence-corrected chi connectivity index (χ0v) is 21.8. The molecule has 1 aromatic carbocycles. The number of nitrogens with zero attached hydrogens (tertiary/aromatic N) is 3. The molecule has 1 amide bonds. The Kier molecular flexibility index (Phi) is 7.35. The maximum absolute atomic E-state index is 13.0. The van der Waals surface area contributed by atoms with E-state index in [0.717, 1.165) is 35.2 Å². The second kappa shape index (κ2) is 11.0. The minimum atomic E-state index is -0.583. The topological polar surface area (TPSA) is 92.1 Å². The highest BCUT2D eigenvalue weighted by Crippen LogP contribution is 2.34. The quantitative estimate of drug-likeness (QED) is 0.521. The van der Waals surface area contributed by atoms with Crippen molar-refractivity contribution in [3.63, 3.8) is 0 Å². The summed E-state index contributed by atoms with van der Waals surface area (Å²) in [5, 5.41) is 0. The summed E-state index contributed by atoms with van der Waals surface area (Å²) in [6, 6.07) is 7.54. The van der Waals surface area contributed by atoms with Crippen molar-refractivity contribution in [2.24, 2.45) is 0 Å². The van der Waals surface area contributed by atoms with E-state index >= 15 is 0 Å². The Balaban J connectivity index is 1.41. The third-order valence-corrected chi connectivity index (χ3v) is 6.88. The molecule has 1 aliphatic carbocycles. The molecule has 0 saturated heterocycles. The second-order valence-electron chi connectivity index (χ2n) is 9.62. The van der Waals surface area contributed by atoms with Gasteiger partial charge in [0.25, 0.3) is 5.91 Å². The van der Waals surface area contributed by atoms with Crippen LogP contribution >= 0.6 is 0 Å². The lowest BCUT2D eigenvalue weighted by molar-refractivity contribution is -0.133. The molecule has 0 fully saturated rings. The van der Waals surface area contributed by atoms with Gasteiger partial charge in [-0.3, -0.25) is 9.36 Å². The number of aryl methyl sites for hydroxylation is 1. The minimum absolute atomic E-state index is 0.0331. The number of ether oxygens (including phenoxy) is 4. The van der Waals surface area contributed by atoms with Crippen LogP contribution in [0.4, 0.5) is 0 Å². The average molecular weight is 518 g/mol. The van der Waals surface area contributed by atoms with Crippen LogP contribution in [-0.2, 0) is 27.2 Å². The highest BCUT2D eigenvalue weighted by atomic mass is 16.6. The van der Waals surface area contributed by atoms with Gasteiger partial charge in [-0.05, 0) is 62.4 Å². The molecule has 3 heterocycles. The molecule has 9 heteroatoms. The summed E-state index contributed by atoms with van der Waals surface area (Å²) >= 11 is 0. The van der Waals surface area contributed by atoms with E-state index in [1.54, 1.807) is 22.6 Å². The highest BCUT2D eigenvalue weighted by Gasteiger charge is 2.27. The zero-order chi connectivity index (χ0) is 26.6. The van der Waals surface area contributed by atoms with Crippen LogP contribution < -0.4 is 15.2 Å². The zero-order valence-electron chi connectivity index (χ0n) is 21.8. The number of carbonyl (C=O) groups is 1. The van der Waals surface area contributed by atoms with Crippen LogP contribution in [0, 0.1) is 0 Å². The molecule has 2 aromatic rings. The molecule has 198 valence electrons. The smallest absolute Gasteiger partial charge is 0.351 e.